The predicted molar refractivity (Wildman–Crippen MR) is 222 cm³/mol. The van der Waals surface area contributed by atoms with E-state index >= 15 is 0 Å². The van der Waals surface area contributed by atoms with Crippen LogP contribution >= 0.6 is 0 Å². The molecule has 0 fully saturated rings. The lowest BCUT2D eigenvalue weighted by Crippen LogP contribution is -2.04. The van der Waals surface area contributed by atoms with Gasteiger partial charge in [-0.15, -0.1) is 0 Å². The molecule has 3 nitrogen and oxygen atoms in total. The lowest BCUT2D eigenvalue weighted by Gasteiger charge is -2.19. The molecule has 7 aromatic carbocycles. The first-order chi connectivity index (χ1) is 26.8. The zero-order chi connectivity index (χ0) is 36.1. The molecule has 54 heavy (non-hydrogen) atoms. The summed E-state index contributed by atoms with van der Waals surface area (Å²) < 4.78 is 0. The third kappa shape index (κ3) is 6.86. The first-order valence-electron chi connectivity index (χ1n) is 18.7. The van der Waals surface area contributed by atoms with Crippen LogP contribution < -0.4 is 0 Å². The number of rotatable bonds is 8. The maximum Gasteiger partial charge on any atom is 0.164 e. The Morgan fingerprint density at radius 3 is 1.57 bits per heavy atom. The topological polar surface area (TPSA) is 38.7 Å². The van der Waals surface area contributed by atoms with Crippen molar-refractivity contribution in [3.05, 3.63) is 194 Å². The molecule has 3 heteroatoms. The Hall–Kier alpha value is -6.89. The summed E-state index contributed by atoms with van der Waals surface area (Å²) in [7, 11) is 0. The zero-order valence-electron chi connectivity index (χ0n) is 29.9. The van der Waals surface area contributed by atoms with E-state index < -0.39 is 0 Å². The van der Waals surface area contributed by atoms with Crippen molar-refractivity contribution in [2.75, 3.05) is 0 Å². The van der Waals surface area contributed by atoms with Gasteiger partial charge in [-0.1, -0.05) is 152 Å². The number of benzene rings is 6. The highest BCUT2D eigenvalue weighted by molar-refractivity contribution is 5.98. The van der Waals surface area contributed by atoms with Crippen LogP contribution in [-0.4, -0.2) is 15.0 Å². The molecule has 0 spiro atoms. The largest absolute Gasteiger partial charge is 0.209 e. The molecule has 8 aromatic rings. The molecule has 0 N–H and O–H groups in total. The Balaban J connectivity index is 1.14. The second kappa shape index (κ2) is 15.0. The number of aromatic nitrogens is 3. The van der Waals surface area contributed by atoms with E-state index in [2.05, 4.69) is 158 Å². The molecule has 0 atom stereocenters. The van der Waals surface area contributed by atoms with Gasteiger partial charge in [0.2, 0.25) is 0 Å². The van der Waals surface area contributed by atoms with E-state index in [9.17, 15) is 0 Å². The maximum atomic E-state index is 5.05. The lowest BCUT2D eigenvalue weighted by atomic mass is 9.84. The highest BCUT2D eigenvalue weighted by Crippen LogP contribution is 2.44. The van der Waals surface area contributed by atoms with E-state index in [1.54, 1.807) is 0 Å². The third-order valence-corrected chi connectivity index (χ3v) is 10.2. The van der Waals surface area contributed by atoms with E-state index in [0.29, 0.717) is 11.6 Å². The van der Waals surface area contributed by atoms with E-state index in [1.807, 2.05) is 30.3 Å². The summed E-state index contributed by atoms with van der Waals surface area (Å²) in [5, 5.41) is 0. The first-order valence-corrected chi connectivity index (χ1v) is 18.7. The molecule has 1 aliphatic rings. The van der Waals surface area contributed by atoms with E-state index in [4.69, 9.17) is 15.0 Å². The standard InChI is InChI=1S/C51H37N3/c1-6-17-36(18-7-1)45-34-46(38-19-8-2-9-20-38)48(47(35-45)39-21-10-3-11-22-39)40-31-29-37(30-32-40)43-27-16-28-44(33-43)51-53-49(41-23-12-4-13-24-41)52-50(54-51)42-25-14-5-15-26-42/h2-4,6,8-13,16-25,27-35H,5,14-15,26H2. The second-order valence-corrected chi connectivity index (χ2v) is 13.7. The molecular weight excluding hydrogens is 655 g/mol. The van der Waals surface area contributed by atoms with Gasteiger partial charge in [0, 0.05) is 11.1 Å². The fourth-order valence-electron chi connectivity index (χ4n) is 7.41. The average molecular weight is 692 g/mol. The summed E-state index contributed by atoms with van der Waals surface area (Å²) in [5.74, 6) is 2.18. The Morgan fingerprint density at radius 2 is 0.963 bits per heavy atom. The van der Waals surface area contributed by atoms with Gasteiger partial charge in [-0.05, 0) is 123 Å². The molecule has 0 aliphatic heterocycles. The van der Waals surface area contributed by atoms with Crippen molar-refractivity contribution >= 4 is 5.57 Å². The molecule has 1 heterocycles. The number of hydrogen-bond donors (Lipinski definition) is 0. The summed E-state index contributed by atoms with van der Waals surface area (Å²) >= 11 is 0. The minimum absolute atomic E-state index is 0.692. The van der Waals surface area contributed by atoms with Crippen LogP contribution in [-0.2, 0) is 0 Å². The maximum absolute atomic E-state index is 5.05. The van der Waals surface area contributed by atoms with Crippen LogP contribution in [0.2, 0.25) is 0 Å². The Labute approximate surface area is 317 Å². The Morgan fingerprint density at radius 1 is 0.389 bits per heavy atom. The fraction of sp³-hybridized carbons (Fsp3) is 0.0784. The normalized spacial score (nSPS) is 12.5. The van der Waals surface area contributed by atoms with Gasteiger partial charge >= 0.3 is 0 Å². The number of nitrogens with zero attached hydrogens (tertiary/aromatic N) is 3. The van der Waals surface area contributed by atoms with Crippen molar-refractivity contribution in [2.24, 2.45) is 0 Å². The van der Waals surface area contributed by atoms with Crippen LogP contribution in [0.1, 0.15) is 31.5 Å². The van der Waals surface area contributed by atoms with Crippen LogP contribution in [0.25, 0.3) is 84.0 Å². The van der Waals surface area contributed by atoms with Crippen LogP contribution in [0.5, 0.6) is 0 Å². The van der Waals surface area contributed by atoms with Gasteiger partial charge < -0.3 is 0 Å². The second-order valence-electron chi connectivity index (χ2n) is 13.7. The van der Waals surface area contributed by atoms with E-state index in [1.165, 1.54) is 39.8 Å². The van der Waals surface area contributed by atoms with Gasteiger partial charge in [-0.3, -0.25) is 0 Å². The number of allylic oxidation sites excluding steroid dienone is 2. The van der Waals surface area contributed by atoms with Gasteiger partial charge in [0.05, 0.1) is 0 Å². The highest BCUT2D eigenvalue weighted by Gasteiger charge is 2.19. The average Bonchev–Trinajstić information content (AvgIpc) is 3.27. The summed E-state index contributed by atoms with van der Waals surface area (Å²) in [6, 6.07) is 66.0. The molecule has 0 saturated heterocycles. The Kier molecular flexibility index (Phi) is 9.16. The minimum atomic E-state index is 0.692. The predicted octanol–water partition coefficient (Wildman–Crippen LogP) is 13.1. The van der Waals surface area contributed by atoms with Gasteiger partial charge in [0.15, 0.2) is 17.5 Å². The molecule has 0 bridgehead atoms. The van der Waals surface area contributed by atoms with Crippen LogP contribution in [0, 0.1) is 12.1 Å². The summed E-state index contributed by atoms with van der Waals surface area (Å²) in [6.45, 7) is 0. The first kappa shape index (κ1) is 33.0. The molecule has 0 radical (unpaired) electrons. The SMILES string of the molecule is c1ccc(-c2cc(-c3ccccc3)c(-c3ccc(-c4cccc(-c5nc(C6=CCCCC6)nc(-c6ccccc6)n5)c4)cc3)c(-c3ccccc3)c2)cc#1. The fourth-order valence-corrected chi connectivity index (χ4v) is 7.41. The van der Waals surface area contributed by atoms with Gasteiger partial charge in [0.25, 0.3) is 0 Å². The molecule has 1 aromatic heterocycles. The van der Waals surface area contributed by atoms with Crippen LogP contribution in [0.15, 0.2) is 176 Å². The summed E-state index contributed by atoms with van der Waals surface area (Å²) in [6.07, 6.45) is 6.73. The van der Waals surface area contributed by atoms with Crippen molar-refractivity contribution in [3.63, 3.8) is 0 Å². The monoisotopic (exact) mass is 691 g/mol. The van der Waals surface area contributed by atoms with Crippen molar-refractivity contribution in [1.29, 1.82) is 0 Å². The molecule has 0 saturated carbocycles. The lowest BCUT2D eigenvalue weighted by molar-refractivity contribution is 0.736. The quantitative estimate of drug-likeness (QED) is 0.159. The van der Waals surface area contributed by atoms with E-state index in [0.717, 1.165) is 64.0 Å². The van der Waals surface area contributed by atoms with Gasteiger partial charge in [-0.25, -0.2) is 15.0 Å². The van der Waals surface area contributed by atoms with Crippen molar-refractivity contribution in [3.8, 4) is 78.4 Å². The van der Waals surface area contributed by atoms with Gasteiger partial charge in [0.1, 0.15) is 0 Å². The minimum Gasteiger partial charge on any atom is -0.209 e. The summed E-state index contributed by atoms with van der Waals surface area (Å²) in [4.78, 5) is 15.0. The smallest absolute Gasteiger partial charge is 0.164 e. The summed E-state index contributed by atoms with van der Waals surface area (Å²) in [5.41, 5.74) is 14.7. The molecule has 1 aliphatic carbocycles. The van der Waals surface area contributed by atoms with E-state index in [-0.39, 0.29) is 0 Å². The van der Waals surface area contributed by atoms with Gasteiger partial charge in [-0.2, -0.15) is 0 Å². The number of hydrogen-bond acceptors (Lipinski definition) is 3. The van der Waals surface area contributed by atoms with Crippen molar-refractivity contribution < 1.29 is 0 Å². The molecule has 9 rings (SSSR count). The van der Waals surface area contributed by atoms with Crippen molar-refractivity contribution in [1.82, 2.24) is 15.0 Å². The molecule has 0 unspecified atom stereocenters. The molecule has 256 valence electrons. The molecule has 0 amide bonds. The Bertz CT molecular complexity index is 2500. The van der Waals surface area contributed by atoms with Crippen molar-refractivity contribution in [2.45, 2.75) is 25.7 Å². The van der Waals surface area contributed by atoms with Crippen LogP contribution in [0.4, 0.5) is 0 Å². The zero-order valence-corrected chi connectivity index (χ0v) is 29.9. The van der Waals surface area contributed by atoms with Crippen LogP contribution in [0.3, 0.4) is 0 Å². The third-order valence-electron chi connectivity index (χ3n) is 10.2. The highest BCUT2D eigenvalue weighted by atomic mass is 15.0. The molecular formula is C51H37N3.